The van der Waals surface area contributed by atoms with Gasteiger partial charge in [0.2, 0.25) is 0 Å². The molecule has 1 aromatic rings. The second kappa shape index (κ2) is 4.53. The molecule has 84 valence electrons. The molecule has 0 heterocycles. The number of rotatable bonds is 3. The van der Waals surface area contributed by atoms with Gasteiger partial charge in [0, 0.05) is 0 Å². The lowest BCUT2D eigenvalue weighted by molar-refractivity contribution is -0.147. The van der Waals surface area contributed by atoms with E-state index in [4.69, 9.17) is 10.5 Å². The van der Waals surface area contributed by atoms with Crippen molar-refractivity contribution < 1.29 is 17.9 Å². The van der Waals surface area contributed by atoms with E-state index in [1.54, 1.807) is 24.3 Å². The monoisotopic (exact) mass is 219 g/mol. The van der Waals surface area contributed by atoms with Gasteiger partial charge in [0.15, 0.2) is 0 Å². The summed E-state index contributed by atoms with van der Waals surface area (Å²) in [5.74, 6) is 0.428. The van der Waals surface area contributed by atoms with E-state index in [1.165, 1.54) is 7.11 Å². The Morgan fingerprint density at radius 3 is 2.47 bits per heavy atom. The van der Waals surface area contributed by atoms with E-state index in [0.717, 1.165) is 0 Å². The molecule has 2 N–H and O–H groups in total. The number of para-hydroxylation sites is 1. The molecule has 0 aromatic heterocycles. The fourth-order valence-electron chi connectivity index (χ4n) is 1.22. The number of benzene rings is 1. The molecule has 15 heavy (non-hydrogen) atoms. The van der Waals surface area contributed by atoms with Gasteiger partial charge in [-0.05, 0) is 18.1 Å². The van der Waals surface area contributed by atoms with E-state index in [9.17, 15) is 13.2 Å². The number of nitrogens with two attached hydrogens (primary N) is 1. The number of alkyl halides is 3. The number of ether oxygens (including phenoxy) is 1. The summed E-state index contributed by atoms with van der Waals surface area (Å²) in [5.41, 5.74) is 5.49. The van der Waals surface area contributed by atoms with Crippen LogP contribution in [0.5, 0.6) is 5.75 Å². The van der Waals surface area contributed by atoms with Crippen LogP contribution in [0, 0.1) is 0 Å². The highest BCUT2D eigenvalue weighted by molar-refractivity contribution is 5.33. The summed E-state index contributed by atoms with van der Waals surface area (Å²) < 4.78 is 41.5. The van der Waals surface area contributed by atoms with Crippen molar-refractivity contribution in [2.75, 3.05) is 7.11 Å². The maximum absolute atomic E-state index is 12.2. The predicted octanol–water partition coefficient (Wildman–Crippen LogP) is 2.13. The van der Waals surface area contributed by atoms with Crippen molar-refractivity contribution in [3.8, 4) is 5.75 Å². The number of hydrogen-bond donors (Lipinski definition) is 1. The summed E-state index contributed by atoms with van der Waals surface area (Å²) in [6.07, 6.45) is -4.64. The highest BCUT2D eigenvalue weighted by atomic mass is 19.4. The van der Waals surface area contributed by atoms with E-state index in [2.05, 4.69) is 0 Å². The molecule has 0 saturated heterocycles. The average Bonchev–Trinajstić information content (AvgIpc) is 2.17. The second-order valence-electron chi connectivity index (χ2n) is 3.16. The fourth-order valence-corrected chi connectivity index (χ4v) is 1.22. The van der Waals surface area contributed by atoms with Crippen LogP contribution < -0.4 is 10.5 Å². The smallest absolute Gasteiger partial charge is 0.403 e. The molecule has 1 atom stereocenters. The van der Waals surface area contributed by atoms with Crippen LogP contribution in [0.4, 0.5) is 13.2 Å². The van der Waals surface area contributed by atoms with Crippen molar-refractivity contribution in [2.24, 2.45) is 5.73 Å². The lowest BCUT2D eigenvalue weighted by Gasteiger charge is -2.16. The Hall–Kier alpha value is -1.23. The third-order valence-electron chi connectivity index (χ3n) is 2.05. The molecular weight excluding hydrogens is 207 g/mol. The van der Waals surface area contributed by atoms with Crippen LogP contribution >= 0.6 is 0 Å². The first-order valence-corrected chi connectivity index (χ1v) is 4.39. The zero-order valence-electron chi connectivity index (χ0n) is 8.21. The van der Waals surface area contributed by atoms with E-state index < -0.39 is 12.2 Å². The quantitative estimate of drug-likeness (QED) is 0.845. The summed E-state index contributed by atoms with van der Waals surface area (Å²) in [7, 11) is 1.41. The first kappa shape index (κ1) is 11.8. The number of halogens is 3. The molecule has 0 saturated carbocycles. The highest BCUT2D eigenvalue weighted by Crippen LogP contribution is 2.25. The van der Waals surface area contributed by atoms with Crippen molar-refractivity contribution in [1.29, 1.82) is 0 Å². The predicted molar refractivity (Wildman–Crippen MR) is 50.7 cm³/mol. The molecule has 0 radical (unpaired) electrons. The summed E-state index contributed by atoms with van der Waals surface area (Å²) in [6, 6.07) is 4.68. The molecule has 0 spiro atoms. The fraction of sp³-hybridized carbons (Fsp3) is 0.400. The lowest BCUT2D eigenvalue weighted by Crippen LogP contribution is -2.39. The highest BCUT2D eigenvalue weighted by Gasteiger charge is 2.36. The topological polar surface area (TPSA) is 35.2 Å². The van der Waals surface area contributed by atoms with Crippen LogP contribution in [0.15, 0.2) is 24.3 Å². The molecule has 0 aliphatic heterocycles. The SMILES string of the molecule is COc1ccccc1CC(N)C(F)(F)F. The minimum Gasteiger partial charge on any atom is -0.496 e. The molecule has 0 aliphatic rings. The van der Waals surface area contributed by atoms with E-state index in [0.29, 0.717) is 11.3 Å². The number of methoxy groups -OCH3 is 1. The first-order chi connectivity index (χ1) is 6.95. The number of hydrogen-bond acceptors (Lipinski definition) is 2. The van der Waals surface area contributed by atoms with Crippen LogP contribution in [0.3, 0.4) is 0 Å². The van der Waals surface area contributed by atoms with Gasteiger partial charge < -0.3 is 10.5 Å². The van der Waals surface area contributed by atoms with Gasteiger partial charge in [-0.15, -0.1) is 0 Å². The van der Waals surface area contributed by atoms with Gasteiger partial charge in [0.1, 0.15) is 11.8 Å². The molecule has 1 rings (SSSR count). The molecule has 0 amide bonds. The molecule has 0 aliphatic carbocycles. The largest absolute Gasteiger partial charge is 0.496 e. The molecule has 1 unspecified atom stereocenters. The van der Waals surface area contributed by atoms with Crippen LogP contribution in [0.1, 0.15) is 5.56 Å². The van der Waals surface area contributed by atoms with Crippen molar-refractivity contribution >= 4 is 0 Å². The van der Waals surface area contributed by atoms with Gasteiger partial charge >= 0.3 is 6.18 Å². The summed E-state index contributed by atoms with van der Waals surface area (Å²) >= 11 is 0. The van der Waals surface area contributed by atoms with E-state index in [-0.39, 0.29) is 6.42 Å². The van der Waals surface area contributed by atoms with Crippen LogP contribution in [-0.4, -0.2) is 19.3 Å². The molecular formula is C10H12F3NO. The zero-order valence-corrected chi connectivity index (χ0v) is 8.21. The molecule has 1 aromatic carbocycles. The standard InChI is InChI=1S/C10H12F3NO/c1-15-8-5-3-2-4-7(8)6-9(14)10(11,12)13/h2-5,9H,6,14H2,1H3. The molecule has 2 nitrogen and oxygen atoms in total. The third kappa shape index (κ3) is 3.13. The van der Waals surface area contributed by atoms with Crippen LogP contribution in [0.25, 0.3) is 0 Å². The van der Waals surface area contributed by atoms with Crippen molar-refractivity contribution in [1.82, 2.24) is 0 Å². The van der Waals surface area contributed by atoms with Crippen molar-refractivity contribution in [2.45, 2.75) is 18.6 Å². The van der Waals surface area contributed by atoms with Gasteiger partial charge in [-0.3, -0.25) is 0 Å². The normalized spacial score (nSPS) is 13.7. The summed E-state index contributed by atoms with van der Waals surface area (Å²) in [6.45, 7) is 0. The Kier molecular flexibility index (Phi) is 3.57. The Morgan fingerprint density at radius 2 is 1.93 bits per heavy atom. The lowest BCUT2D eigenvalue weighted by atomic mass is 10.1. The van der Waals surface area contributed by atoms with Gasteiger partial charge in [-0.1, -0.05) is 18.2 Å². The van der Waals surface area contributed by atoms with Crippen LogP contribution in [-0.2, 0) is 6.42 Å². The zero-order chi connectivity index (χ0) is 11.5. The maximum Gasteiger partial charge on any atom is 0.403 e. The van der Waals surface area contributed by atoms with Gasteiger partial charge in [-0.25, -0.2) is 0 Å². The van der Waals surface area contributed by atoms with Crippen molar-refractivity contribution in [3.05, 3.63) is 29.8 Å². The Morgan fingerprint density at radius 1 is 1.33 bits per heavy atom. The minimum atomic E-state index is -4.37. The Bertz CT molecular complexity index is 325. The summed E-state index contributed by atoms with van der Waals surface area (Å²) in [4.78, 5) is 0. The van der Waals surface area contributed by atoms with E-state index >= 15 is 0 Å². The van der Waals surface area contributed by atoms with Gasteiger partial charge in [0.25, 0.3) is 0 Å². The average molecular weight is 219 g/mol. The maximum atomic E-state index is 12.2. The van der Waals surface area contributed by atoms with Gasteiger partial charge in [0.05, 0.1) is 7.11 Å². The van der Waals surface area contributed by atoms with E-state index in [1.807, 2.05) is 0 Å². The molecule has 5 heteroatoms. The first-order valence-electron chi connectivity index (χ1n) is 4.39. The van der Waals surface area contributed by atoms with Gasteiger partial charge in [-0.2, -0.15) is 13.2 Å². The van der Waals surface area contributed by atoms with Crippen LogP contribution in [0.2, 0.25) is 0 Å². The minimum absolute atomic E-state index is 0.270. The third-order valence-corrected chi connectivity index (χ3v) is 2.05. The second-order valence-corrected chi connectivity index (χ2v) is 3.16. The summed E-state index contributed by atoms with van der Waals surface area (Å²) in [5, 5.41) is 0. The Balaban J connectivity index is 2.80. The molecule has 0 fully saturated rings. The molecule has 0 bridgehead atoms. The van der Waals surface area contributed by atoms with Crippen molar-refractivity contribution in [3.63, 3.8) is 0 Å². The Labute approximate surface area is 85.8 Å².